The maximum absolute atomic E-state index is 12.8. The zero-order valence-electron chi connectivity index (χ0n) is 14.8. The van der Waals surface area contributed by atoms with Crippen LogP contribution in [0.2, 0.25) is 0 Å². The van der Waals surface area contributed by atoms with Gasteiger partial charge in [-0.1, -0.05) is 0 Å². The van der Waals surface area contributed by atoms with Gasteiger partial charge in [0.05, 0.1) is 12.6 Å². The number of aryl methyl sites for hydroxylation is 1. The van der Waals surface area contributed by atoms with Crippen molar-refractivity contribution in [3.63, 3.8) is 0 Å². The summed E-state index contributed by atoms with van der Waals surface area (Å²) in [7, 11) is 1.73. The third kappa shape index (κ3) is 4.14. The largest absolute Gasteiger partial charge is 0.390 e. The molecule has 1 aliphatic heterocycles. The first-order valence-electron chi connectivity index (χ1n) is 8.62. The molecule has 0 saturated carbocycles. The van der Waals surface area contributed by atoms with Gasteiger partial charge in [-0.25, -0.2) is 9.50 Å². The van der Waals surface area contributed by atoms with Crippen LogP contribution in [0.1, 0.15) is 35.3 Å². The summed E-state index contributed by atoms with van der Waals surface area (Å²) in [6.45, 7) is 2.99. The number of aromatic nitrogens is 3. The Balaban J connectivity index is 1.62. The Kier molecular flexibility index (Phi) is 5.17. The van der Waals surface area contributed by atoms with Gasteiger partial charge in [-0.3, -0.25) is 4.79 Å². The molecule has 0 aromatic carbocycles. The van der Waals surface area contributed by atoms with Gasteiger partial charge >= 0.3 is 6.18 Å². The van der Waals surface area contributed by atoms with Gasteiger partial charge in [0, 0.05) is 44.6 Å². The number of hydrogen-bond acceptors (Lipinski definition) is 4. The molecular weight excluding hydrogens is 347 g/mol. The van der Waals surface area contributed by atoms with Gasteiger partial charge in [0.25, 0.3) is 5.91 Å². The van der Waals surface area contributed by atoms with E-state index in [-0.39, 0.29) is 18.5 Å². The van der Waals surface area contributed by atoms with E-state index in [2.05, 4.69) is 10.1 Å². The fourth-order valence-electron chi connectivity index (χ4n) is 3.28. The van der Waals surface area contributed by atoms with Gasteiger partial charge in [0.1, 0.15) is 5.56 Å². The number of carbonyl (C=O) groups excluding carboxylic acids is 1. The number of fused-ring (bicyclic) bond motifs is 1. The van der Waals surface area contributed by atoms with E-state index in [1.54, 1.807) is 22.7 Å². The minimum Gasteiger partial charge on any atom is -0.338 e. The first-order valence-corrected chi connectivity index (χ1v) is 8.62. The lowest BCUT2D eigenvalue weighted by atomic mass is 10.0. The van der Waals surface area contributed by atoms with E-state index in [0.29, 0.717) is 37.1 Å². The Hall–Kier alpha value is -2.16. The smallest absolute Gasteiger partial charge is 0.338 e. The van der Waals surface area contributed by atoms with Crippen molar-refractivity contribution in [2.75, 3.05) is 26.7 Å². The normalized spacial score (nSPS) is 17.0. The summed E-state index contributed by atoms with van der Waals surface area (Å²) in [4.78, 5) is 20.7. The molecule has 1 fully saturated rings. The Morgan fingerprint density at radius 3 is 2.69 bits per heavy atom. The van der Waals surface area contributed by atoms with Gasteiger partial charge in [-0.05, 0) is 25.8 Å². The molecule has 0 aliphatic carbocycles. The summed E-state index contributed by atoms with van der Waals surface area (Å²) in [5.74, 6) is -0.160. The van der Waals surface area contributed by atoms with Crippen LogP contribution in [-0.4, -0.2) is 69.2 Å². The number of piperidine rings is 1. The van der Waals surface area contributed by atoms with E-state index in [0.717, 1.165) is 5.69 Å². The van der Waals surface area contributed by atoms with Crippen molar-refractivity contribution in [2.45, 2.75) is 38.4 Å². The molecule has 3 heterocycles. The summed E-state index contributed by atoms with van der Waals surface area (Å²) in [5.41, 5.74) is 1.76. The van der Waals surface area contributed by atoms with Crippen LogP contribution in [0, 0.1) is 6.92 Å². The van der Waals surface area contributed by atoms with Crippen molar-refractivity contribution in [1.82, 2.24) is 24.4 Å². The molecule has 142 valence electrons. The third-order valence-corrected chi connectivity index (χ3v) is 4.88. The van der Waals surface area contributed by atoms with Crippen molar-refractivity contribution in [3.8, 4) is 0 Å². The fourth-order valence-corrected chi connectivity index (χ4v) is 3.28. The monoisotopic (exact) mass is 369 g/mol. The molecular formula is C17H22F3N5O. The minimum absolute atomic E-state index is 0.00407. The molecule has 0 atom stereocenters. The Bertz CT molecular complexity index is 780. The molecule has 1 saturated heterocycles. The molecule has 26 heavy (non-hydrogen) atoms. The van der Waals surface area contributed by atoms with Crippen molar-refractivity contribution in [1.29, 1.82) is 0 Å². The van der Waals surface area contributed by atoms with Crippen molar-refractivity contribution in [3.05, 3.63) is 29.7 Å². The molecule has 0 spiro atoms. The zero-order valence-corrected chi connectivity index (χ0v) is 14.8. The van der Waals surface area contributed by atoms with Crippen molar-refractivity contribution >= 4 is 11.6 Å². The minimum atomic E-state index is -4.13. The van der Waals surface area contributed by atoms with E-state index in [1.165, 1.54) is 6.20 Å². The maximum atomic E-state index is 12.8. The van der Waals surface area contributed by atoms with Crippen LogP contribution in [0.3, 0.4) is 0 Å². The standard InChI is InChI=1S/C17H22F3N5O/c1-12-3-9-25-15(22-12)14(11-21-25)16(26)23(2)13-4-7-24(8-5-13)10-6-17(18,19)20/h3,9,11,13H,4-8,10H2,1-2H3. The highest BCUT2D eigenvalue weighted by Gasteiger charge is 2.31. The van der Waals surface area contributed by atoms with Crippen LogP contribution in [-0.2, 0) is 0 Å². The zero-order chi connectivity index (χ0) is 18.9. The average Bonchev–Trinajstić information content (AvgIpc) is 3.01. The van der Waals surface area contributed by atoms with Crippen LogP contribution in [0.25, 0.3) is 5.65 Å². The number of hydrogen-bond donors (Lipinski definition) is 0. The van der Waals surface area contributed by atoms with E-state index in [9.17, 15) is 18.0 Å². The Morgan fingerprint density at radius 2 is 2.04 bits per heavy atom. The van der Waals surface area contributed by atoms with Crippen molar-refractivity contribution < 1.29 is 18.0 Å². The highest BCUT2D eigenvalue weighted by atomic mass is 19.4. The number of nitrogens with zero attached hydrogens (tertiary/aromatic N) is 5. The topological polar surface area (TPSA) is 53.7 Å². The van der Waals surface area contributed by atoms with E-state index in [1.807, 2.05) is 17.9 Å². The van der Waals surface area contributed by atoms with Crippen LogP contribution in [0.5, 0.6) is 0 Å². The number of halogens is 3. The second kappa shape index (κ2) is 7.22. The van der Waals surface area contributed by atoms with E-state index >= 15 is 0 Å². The Labute approximate surface area is 149 Å². The molecule has 2 aromatic rings. The van der Waals surface area contributed by atoms with Gasteiger partial charge in [0.15, 0.2) is 5.65 Å². The van der Waals surface area contributed by atoms with Crippen LogP contribution >= 0.6 is 0 Å². The quantitative estimate of drug-likeness (QED) is 0.831. The third-order valence-electron chi connectivity index (χ3n) is 4.88. The predicted octanol–water partition coefficient (Wildman–Crippen LogP) is 2.53. The predicted molar refractivity (Wildman–Crippen MR) is 90.0 cm³/mol. The van der Waals surface area contributed by atoms with Crippen molar-refractivity contribution in [2.24, 2.45) is 0 Å². The number of likely N-dealkylation sites (tertiary alicyclic amines) is 1. The first kappa shape index (κ1) is 18.6. The van der Waals surface area contributed by atoms with Gasteiger partial charge in [-0.2, -0.15) is 18.3 Å². The molecule has 3 rings (SSSR count). The number of alkyl halides is 3. The molecule has 1 amide bonds. The van der Waals surface area contributed by atoms with Crippen LogP contribution in [0.4, 0.5) is 13.2 Å². The summed E-state index contributed by atoms with van der Waals surface area (Å²) in [6, 6.07) is 1.82. The molecule has 0 bridgehead atoms. The molecule has 0 N–H and O–H groups in total. The number of carbonyl (C=O) groups is 1. The Morgan fingerprint density at radius 1 is 1.35 bits per heavy atom. The van der Waals surface area contributed by atoms with Gasteiger partial charge in [0.2, 0.25) is 0 Å². The highest BCUT2D eigenvalue weighted by Crippen LogP contribution is 2.23. The molecule has 0 unspecified atom stereocenters. The SMILES string of the molecule is Cc1ccn2ncc(C(=O)N(C)C3CCN(CCC(F)(F)F)CC3)c2n1. The average molecular weight is 369 g/mol. The van der Waals surface area contributed by atoms with Crippen LogP contribution < -0.4 is 0 Å². The molecule has 9 heteroatoms. The second-order valence-electron chi connectivity index (χ2n) is 6.75. The lowest BCUT2D eigenvalue weighted by molar-refractivity contribution is -0.138. The second-order valence-corrected chi connectivity index (χ2v) is 6.75. The lowest BCUT2D eigenvalue weighted by Crippen LogP contribution is -2.46. The molecule has 0 radical (unpaired) electrons. The first-order chi connectivity index (χ1) is 12.2. The van der Waals surface area contributed by atoms with Gasteiger partial charge in [-0.15, -0.1) is 0 Å². The highest BCUT2D eigenvalue weighted by molar-refractivity contribution is 5.99. The maximum Gasteiger partial charge on any atom is 0.390 e. The molecule has 2 aromatic heterocycles. The van der Waals surface area contributed by atoms with Crippen LogP contribution in [0.15, 0.2) is 18.5 Å². The van der Waals surface area contributed by atoms with E-state index < -0.39 is 12.6 Å². The fraction of sp³-hybridized carbons (Fsp3) is 0.588. The summed E-state index contributed by atoms with van der Waals surface area (Å²) < 4.78 is 38.6. The summed E-state index contributed by atoms with van der Waals surface area (Å²) in [6.07, 6.45) is -0.331. The molecule has 6 nitrogen and oxygen atoms in total. The van der Waals surface area contributed by atoms with E-state index in [4.69, 9.17) is 0 Å². The number of rotatable bonds is 4. The summed E-state index contributed by atoms with van der Waals surface area (Å²) >= 11 is 0. The lowest BCUT2D eigenvalue weighted by Gasteiger charge is -2.36. The summed E-state index contributed by atoms with van der Waals surface area (Å²) in [5, 5.41) is 4.16. The number of amides is 1. The molecule has 1 aliphatic rings. The van der Waals surface area contributed by atoms with Gasteiger partial charge < -0.3 is 9.80 Å².